The Kier molecular flexibility index (Phi) is 8.84. The zero-order valence-electron chi connectivity index (χ0n) is 21.6. The molecule has 3 fully saturated rings. The van der Waals surface area contributed by atoms with Crippen LogP contribution in [-0.2, 0) is 35.2 Å². The summed E-state index contributed by atoms with van der Waals surface area (Å²) in [4.78, 5) is 74.9. The lowest BCUT2D eigenvalue weighted by atomic mass is 9.91. The largest absolute Gasteiger partial charge is 0.481 e. The molecule has 7 atom stereocenters. The highest BCUT2D eigenvalue weighted by atomic mass is 16.7. The fourth-order valence-corrected chi connectivity index (χ4v) is 5.59. The molecule has 0 aromatic heterocycles. The maximum Gasteiger partial charge on any atom is 0.326 e. The van der Waals surface area contributed by atoms with Crippen molar-refractivity contribution >= 4 is 35.6 Å². The first kappa shape index (κ1) is 28.8. The van der Waals surface area contributed by atoms with Gasteiger partial charge in [0.15, 0.2) is 5.96 Å². The predicted molar refractivity (Wildman–Crippen MR) is 138 cm³/mol. The highest BCUT2D eigenvalue weighted by Gasteiger charge is 2.57. The molecule has 0 saturated carbocycles. The number of benzene rings is 1. The number of hydrogen-bond donors (Lipinski definition) is 6. The van der Waals surface area contributed by atoms with Crippen molar-refractivity contribution in [1.82, 2.24) is 20.6 Å². The summed E-state index contributed by atoms with van der Waals surface area (Å²) in [6.07, 6.45) is -0.801. The Balaban J connectivity index is 1.67. The maximum atomic E-state index is 13.7. The number of hydrogen-bond acceptors (Lipinski definition) is 8. The molecule has 15 nitrogen and oxygen atoms in total. The average molecular weight is 560 g/mol. The van der Waals surface area contributed by atoms with E-state index in [-0.39, 0.29) is 31.4 Å². The molecule has 1 unspecified atom stereocenters. The maximum absolute atomic E-state index is 13.7. The fourth-order valence-electron chi connectivity index (χ4n) is 5.59. The monoisotopic (exact) mass is 559 g/mol. The van der Waals surface area contributed by atoms with Crippen molar-refractivity contribution < 1.29 is 39.0 Å². The topological polar surface area (TPSA) is 230 Å². The summed E-state index contributed by atoms with van der Waals surface area (Å²) in [6, 6.07) is 4.69. The number of amides is 3. The molecule has 3 aliphatic rings. The van der Waals surface area contributed by atoms with Crippen molar-refractivity contribution in [1.29, 1.82) is 0 Å². The normalized spacial score (nSPS) is 28.7. The number of guanidine groups is 1. The van der Waals surface area contributed by atoms with E-state index in [2.05, 4.69) is 15.6 Å². The summed E-state index contributed by atoms with van der Waals surface area (Å²) in [5, 5.41) is 26.3. The van der Waals surface area contributed by atoms with Crippen molar-refractivity contribution in [3.8, 4) is 0 Å². The Morgan fingerprint density at radius 1 is 1.12 bits per heavy atom. The van der Waals surface area contributed by atoms with Crippen LogP contribution in [0.25, 0.3) is 0 Å². The number of rotatable bonds is 10. The van der Waals surface area contributed by atoms with Crippen LogP contribution in [0.5, 0.6) is 0 Å². The van der Waals surface area contributed by atoms with Crippen LogP contribution in [0.2, 0.25) is 0 Å². The number of carbonyl (C=O) groups excluding carboxylic acids is 3. The predicted octanol–water partition coefficient (Wildman–Crippen LogP) is -2.36. The van der Waals surface area contributed by atoms with Crippen molar-refractivity contribution in [3.05, 3.63) is 35.9 Å². The van der Waals surface area contributed by atoms with Crippen LogP contribution >= 0.6 is 0 Å². The van der Waals surface area contributed by atoms with Crippen LogP contribution in [0, 0.1) is 5.92 Å². The lowest BCUT2D eigenvalue weighted by molar-refractivity contribution is -0.185. The summed E-state index contributed by atoms with van der Waals surface area (Å²) < 4.78 is 0. The molecule has 0 spiro atoms. The molecule has 4 rings (SSSR count). The molecular formula is C25H33N7O8. The van der Waals surface area contributed by atoms with Gasteiger partial charge in [0, 0.05) is 19.0 Å². The van der Waals surface area contributed by atoms with Crippen LogP contribution in [0.3, 0.4) is 0 Å². The van der Waals surface area contributed by atoms with Gasteiger partial charge in [-0.05, 0) is 18.4 Å². The van der Waals surface area contributed by atoms with Gasteiger partial charge >= 0.3 is 11.9 Å². The smallest absolute Gasteiger partial charge is 0.326 e. The minimum Gasteiger partial charge on any atom is -0.481 e. The van der Waals surface area contributed by atoms with Gasteiger partial charge < -0.3 is 37.2 Å². The molecule has 3 heterocycles. The number of aliphatic carboxylic acids is 2. The Bertz CT molecular complexity index is 1170. The lowest BCUT2D eigenvalue weighted by Crippen LogP contribution is -2.59. The number of nitrogens with zero attached hydrogens (tertiary/aromatic N) is 3. The van der Waals surface area contributed by atoms with Gasteiger partial charge in [0.25, 0.3) is 0 Å². The van der Waals surface area contributed by atoms with E-state index < -0.39 is 66.4 Å². The minimum absolute atomic E-state index is 0.0570. The molecule has 40 heavy (non-hydrogen) atoms. The van der Waals surface area contributed by atoms with Gasteiger partial charge in [-0.1, -0.05) is 30.3 Å². The molecule has 1 aromatic carbocycles. The zero-order valence-corrected chi connectivity index (χ0v) is 21.6. The zero-order chi connectivity index (χ0) is 29.0. The van der Waals surface area contributed by atoms with Crippen molar-refractivity contribution in [2.45, 2.75) is 56.0 Å². The number of carbonyl (C=O) groups is 5. The fraction of sp³-hybridized carbons (Fsp3) is 0.520. The molecule has 3 saturated heterocycles. The van der Waals surface area contributed by atoms with Gasteiger partial charge in [0.1, 0.15) is 24.7 Å². The Hall–Kier alpha value is -4.24. The highest BCUT2D eigenvalue weighted by molar-refractivity contribution is 5.94. The number of carboxylic acids is 2. The van der Waals surface area contributed by atoms with E-state index in [0.29, 0.717) is 24.9 Å². The molecule has 3 amide bonds. The van der Waals surface area contributed by atoms with E-state index in [4.69, 9.17) is 16.3 Å². The van der Waals surface area contributed by atoms with Crippen LogP contribution in [0.1, 0.15) is 24.8 Å². The summed E-state index contributed by atoms with van der Waals surface area (Å²) in [7, 11) is 0. The molecule has 1 aromatic rings. The molecule has 0 aliphatic carbocycles. The van der Waals surface area contributed by atoms with E-state index in [1.54, 1.807) is 30.3 Å². The number of hydroxylamine groups is 2. The van der Waals surface area contributed by atoms with Gasteiger partial charge in [-0.15, -0.1) is 0 Å². The second-order valence-electron chi connectivity index (χ2n) is 10.1. The summed E-state index contributed by atoms with van der Waals surface area (Å²) in [5.41, 5.74) is 11.4. The van der Waals surface area contributed by atoms with Gasteiger partial charge in [0.05, 0.1) is 24.9 Å². The Morgan fingerprint density at radius 2 is 1.85 bits per heavy atom. The second-order valence-corrected chi connectivity index (χ2v) is 10.1. The first-order valence-corrected chi connectivity index (χ1v) is 12.9. The Morgan fingerprint density at radius 3 is 2.50 bits per heavy atom. The van der Waals surface area contributed by atoms with E-state index in [0.717, 1.165) is 4.90 Å². The van der Waals surface area contributed by atoms with Crippen LogP contribution in [0.4, 0.5) is 0 Å². The minimum atomic E-state index is -1.51. The number of nitrogens with one attached hydrogen (secondary N) is 2. The van der Waals surface area contributed by atoms with Crippen molar-refractivity contribution in [2.24, 2.45) is 22.4 Å². The quantitative estimate of drug-likeness (QED) is 0.101. The standard InChI is InChI=1S/C25H33N7O8/c26-25(27)28-8-4-7-14-21-20(22(36)30-14)17-11-31(16(24(38)39)9-13-5-2-1-3-6-13)23(37)15(10-19(34)35)29-18(33)12-32(21)40-17/h1-3,5-6,14-17,20-21H,4,7-12H2,(H,29,33)(H,30,36)(H,34,35)(H,38,39)(H4,26,27,28)/t14-,15-,16-,17+,20+,21+/m0/s1. The van der Waals surface area contributed by atoms with Crippen LogP contribution < -0.4 is 22.1 Å². The summed E-state index contributed by atoms with van der Waals surface area (Å²) in [5.74, 6) is -5.47. The first-order chi connectivity index (χ1) is 19.0. The third-order valence-electron chi connectivity index (χ3n) is 7.29. The molecule has 8 N–H and O–H groups in total. The summed E-state index contributed by atoms with van der Waals surface area (Å²) >= 11 is 0. The van der Waals surface area contributed by atoms with Crippen LogP contribution in [0.15, 0.2) is 35.3 Å². The van der Waals surface area contributed by atoms with E-state index >= 15 is 0 Å². The first-order valence-electron chi connectivity index (χ1n) is 12.9. The summed E-state index contributed by atoms with van der Waals surface area (Å²) in [6.45, 7) is -0.330. The van der Waals surface area contributed by atoms with Gasteiger partial charge in [0.2, 0.25) is 17.7 Å². The van der Waals surface area contributed by atoms with Gasteiger partial charge in [-0.3, -0.25) is 29.0 Å². The third-order valence-corrected chi connectivity index (χ3v) is 7.29. The van der Waals surface area contributed by atoms with Crippen molar-refractivity contribution in [3.63, 3.8) is 0 Å². The molecule has 15 heteroatoms. The molecule has 216 valence electrons. The number of carboxylic acid groups (broad SMARTS) is 2. The number of fused-ring (bicyclic) bond motifs is 5. The van der Waals surface area contributed by atoms with Crippen LogP contribution in [-0.4, -0.2) is 106 Å². The second kappa shape index (κ2) is 12.3. The molecule has 0 radical (unpaired) electrons. The highest BCUT2D eigenvalue weighted by Crippen LogP contribution is 2.37. The third kappa shape index (κ3) is 6.48. The molecule has 2 bridgehead atoms. The van der Waals surface area contributed by atoms with E-state index in [9.17, 15) is 34.2 Å². The van der Waals surface area contributed by atoms with E-state index in [1.807, 2.05) is 0 Å². The SMILES string of the molecule is NC(N)=NCCC[C@@H]1NC(=O)[C@H]2[C@@H]1N1CC(=O)N[C@@H](CC(=O)O)C(=O)N([C@@H](Cc3ccccc3)C(=O)O)C[C@H]2O1. The van der Waals surface area contributed by atoms with Gasteiger partial charge in [-0.2, -0.15) is 5.06 Å². The van der Waals surface area contributed by atoms with Gasteiger partial charge in [-0.25, -0.2) is 4.79 Å². The molecular weight excluding hydrogens is 526 g/mol. The number of aliphatic imine (C=N–C) groups is 1. The number of nitrogens with two attached hydrogens (primary N) is 2. The lowest BCUT2D eigenvalue weighted by Gasteiger charge is -2.35. The van der Waals surface area contributed by atoms with E-state index in [1.165, 1.54) is 5.06 Å². The molecule has 3 aliphatic heterocycles. The average Bonchev–Trinajstić information content (AvgIpc) is 3.40. The van der Waals surface area contributed by atoms with Crippen molar-refractivity contribution in [2.75, 3.05) is 19.6 Å². The Labute approximate surface area is 229 Å².